The van der Waals surface area contributed by atoms with Crippen LogP contribution in [0.3, 0.4) is 0 Å². The number of rotatable bonds is 3. The van der Waals surface area contributed by atoms with E-state index >= 15 is 0 Å². The molecule has 1 aromatic carbocycles. The maximum atomic E-state index is 12.2. The van der Waals surface area contributed by atoms with E-state index in [2.05, 4.69) is 4.98 Å². The molecule has 0 bridgehead atoms. The summed E-state index contributed by atoms with van der Waals surface area (Å²) in [5.74, 6) is 0.135. The zero-order valence-corrected chi connectivity index (χ0v) is 11.8. The molecule has 104 valence electrons. The van der Waals surface area contributed by atoms with Crippen molar-refractivity contribution in [3.05, 3.63) is 36.4 Å². The van der Waals surface area contributed by atoms with Gasteiger partial charge in [-0.25, -0.2) is 17.7 Å². The summed E-state index contributed by atoms with van der Waals surface area (Å²) in [6.07, 6.45) is 3.00. The van der Waals surface area contributed by atoms with Gasteiger partial charge in [0.1, 0.15) is 11.0 Å². The van der Waals surface area contributed by atoms with Crippen LogP contribution in [0, 0.1) is 11.3 Å². The maximum Gasteiger partial charge on any atom is 0.244 e. The third-order valence-electron chi connectivity index (χ3n) is 2.80. The van der Waals surface area contributed by atoms with Crippen LogP contribution in [0.4, 0.5) is 5.69 Å². The summed E-state index contributed by atoms with van der Waals surface area (Å²) in [6, 6.07) is 6.55. The van der Waals surface area contributed by atoms with Gasteiger partial charge in [-0.2, -0.15) is 5.26 Å². The summed E-state index contributed by atoms with van der Waals surface area (Å²) in [5.41, 5.74) is 6.44. The number of imidazole rings is 1. The van der Waals surface area contributed by atoms with Gasteiger partial charge in [-0.05, 0) is 12.1 Å². The first-order chi connectivity index (χ1) is 9.39. The van der Waals surface area contributed by atoms with Crippen LogP contribution in [-0.4, -0.2) is 36.4 Å². The Kier molecular flexibility index (Phi) is 3.48. The molecular formula is C12H13N5O2S. The number of aromatic nitrogens is 2. The average Bonchev–Trinajstić information content (AvgIpc) is 2.86. The molecule has 0 amide bonds. The van der Waals surface area contributed by atoms with E-state index in [1.165, 1.54) is 30.9 Å². The molecule has 0 saturated carbocycles. The van der Waals surface area contributed by atoms with Crippen LogP contribution in [0.2, 0.25) is 0 Å². The summed E-state index contributed by atoms with van der Waals surface area (Å²) < 4.78 is 26.9. The lowest BCUT2D eigenvalue weighted by Gasteiger charge is -2.16. The number of para-hydroxylation sites is 1. The van der Waals surface area contributed by atoms with Crippen LogP contribution in [0.25, 0.3) is 5.69 Å². The Bertz CT molecular complexity index is 786. The summed E-state index contributed by atoms with van der Waals surface area (Å²) in [4.78, 5) is 3.86. The average molecular weight is 291 g/mol. The van der Waals surface area contributed by atoms with E-state index in [1.807, 2.05) is 6.07 Å². The van der Waals surface area contributed by atoms with Gasteiger partial charge in [-0.3, -0.25) is 4.57 Å². The fraction of sp³-hybridized carbons (Fsp3) is 0.167. The minimum absolute atomic E-state index is 0.00223. The number of anilines is 1. The Morgan fingerprint density at radius 1 is 1.40 bits per heavy atom. The van der Waals surface area contributed by atoms with Crippen LogP contribution < -0.4 is 5.73 Å². The van der Waals surface area contributed by atoms with Gasteiger partial charge in [0.05, 0.1) is 11.4 Å². The molecule has 0 fully saturated rings. The molecule has 2 aromatic rings. The monoisotopic (exact) mass is 291 g/mol. The highest BCUT2D eigenvalue weighted by Crippen LogP contribution is 2.27. The summed E-state index contributed by atoms with van der Waals surface area (Å²) >= 11 is 0. The van der Waals surface area contributed by atoms with E-state index in [0.717, 1.165) is 4.31 Å². The molecule has 1 aromatic heterocycles. The fourth-order valence-electron chi connectivity index (χ4n) is 1.74. The van der Waals surface area contributed by atoms with Gasteiger partial charge in [0, 0.05) is 26.5 Å². The van der Waals surface area contributed by atoms with Crippen molar-refractivity contribution in [3.63, 3.8) is 0 Å². The quantitative estimate of drug-likeness (QED) is 0.833. The number of nitrogen functional groups attached to an aromatic ring is 1. The second kappa shape index (κ2) is 4.96. The lowest BCUT2D eigenvalue weighted by atomic mass is 10.2. The Morgan fingerprint density at radius 3 is 2.70 bits per heavy atom. The first-order valence-corrected chi connectivity index (χ1v) is 7.08. The first-order valence-electron chi connectivity index (χ1n) is 5.64. The molecule has 2 N–H and O–H groups in total. The Labute approximate surface area is 116 Å². The molecule has 0 saturated heterocycles. The predicted molar refractivity (Wildman–Crippen MR) is 73.6 cm³/mol. The molecule has 2 rings (SSSR count). The van der Waals surface area contributed by atoms with Gasteiger partial charge < -0.3 is 5.73 Å². The van der Waals surface area contributed by atoms with Crippen LogP contribution in [0.15, 0.2) is 35.5 Å². The number of nitriles is 1. The minimum Gasteiger partial charge on any atom is -0.396 e. The second-order valence-corrected chi connectivity index (χ2v) is 6.33. The van der Waals surface area contributed by atoms with Gasteiger partial charge in [-0.1, -0.05) is 6.07 Å². The van der Waals surface area contributed by atoms with Crippen LogP contribution in [0.5, 0.6) is 0 Å². The van der Waals surface area contributed by atoms with Gasteiger partial charge >= 0.3 is 0 Å². The lowest BCUT2D eigenvalue weighted by Crippen LogP contribution is -2.23. The minimum atomic E-state index is -3.65. The maximum absolute atomic E-state index is 12.2. The fourth-order valence-corrected chi connectivity index (χ4v) is 2.77. The molecule has 8 heteroatoms. The Hall–Kier alpha value is -2.37. The zero-order valence-electron chi connectivity index (χ0n) is 11.0. The molecular weight excluding hydrogens is 278 g/mol. The number of nitrogens with two attached hydrogens (primary N) is 1. The topological polar surface area (TPSA) is 105 Å². The molecule has 20 heavy (non-hydrogen) atoms. The van der Waals surface area contributed by atoms with Crippen molar-refractivity contribution in [1.29, 1.82) is 5.26 Å². The van der Waals surface area contributed by atoms with E-state index in [4.69, 9.17) is 11.0 Å². The van der Waals surface area contributed by atoms with E-state index < -0.39 is 10.0 Å². The number of nitrogens with zero attached hydrogens (tertiary/aromatic N) is 4. The number of hydrogen-bond acceptors (Lipinski definition) is 5. The largest absolute Gasteiger partial charge is 0.396 e. The molecule has 0 spiro atoms. The molecule has 0 aliphatic carbocycles. The number of hydrogen-bond donors (Lipinski definition) is 1. The van der Waals surface area contributed by atoms with Crippen molar-refractivity contribution in [1.82, 2.24) is 13.9 Å². The molecule has 0 aliphatic heterocycles. The van der Waals surface area contributed by atoms with E-state index in [-0.39, 0.29) is 16.4 Å². The van der Waals surface area contributed by atoms with Crippen molar-refractivity contribution >= 4 is 15.7 Å². The summed E-state index contributed by atoms with van der Waals surface area (Å²) in [7, 11) is -0.789. The van der Waals surface area contributed by atoms with Crippen LogP contribution >= 0.6 is 0 Å². The molecule has 1 heterocycles. The molecule has 7 nitrogen and oxygen atoms in total. The SMILES string of the molecule is CN(C)S(=O)(=O)c1cccc(-n2ccnc2C#N)c1N. The van der Waals surface area contributed by atoms with Crippen LogP contribution in [0.1, 0.15) is 5.82 Å². The standard InChI is InChI=1S/C12H13N5O2S/c1-16(2)20(18,19)10-5-3-4-9(12(10)14)17-7-6-15-11(17)8-13/h3-7H,14H2,1-2H3. The molecule has 0 aliphatic rings. The lowest BCUT2D eigenvalue weighted by molar-refractivity contribution is 0.521. The van der Waals surface area contributed by atoms with Gasteiger partial charge in [0.2, 0.25) is 15.8 Å². The van der Waals surface area contributed by atoms with Crippen molar-refractivity contribution in [3.8, 4) is 11.8 Å². The highest BCUT2D eigenvalue weighted by atomic mass is 32.2. The second-order valence-electron chi connectivity index (χ2n) is 4.21. The van der Waals surface area contributed by atoms with Crippen molar-refractivity contribution in [2.45, 2.75) is 4.90 Å². The van der Waals surface area contributed by atoms with E-state index in [1.54, 1.807) is 18.3 Å². The Balaban J connectivity index is 2.69. The number of benzene rings is 1. The molecule has 0 radical (unpaired) electrons. The third kappa shape index (κ3) is 2.13. The van der Waals surface area contributed by atoms with Crippen molar-refractivity contribution in [2.75, 3.05) is 19.8 Å². The molecule has 0 atom stereocenters. The van der Waals surface area contributed by atoms with Gasteiger partial charge in [-0.15, -0.1) is 0 Å². The van der Waals surface area contributed by atoms with E-state index in [9.17, 15) is 8.42 Å². The zero-order chi connectivity index (χ0) is 14.9. The normalized spacial score (nSPS) is 11.5. The third-order valence-corrected chi connectivity index (χ3v) is 4.68. The summed E-state index contributed by atoms with van der Waals surface area (Å²) in [6.45, 7) is 0. The smallest absolute Gasteiger partial charge is 0.244 e. The van der Waals surface area contributed by atoms with Crippen LogP contribution in [-0.2, 0) is 10.0 Å². The van der Waals surface area contributed by atoms with Gasteiger partial charge in [0.15, 0.2) is 0 Å². The highest BCUT2D eigenvalue weighted by molar-refractivity contribution is 7.89. The summed E-state index contributed by atoms with van der Waals surface area (Å²) in [5, 5.41) is 8.98. The highest BCUT2D eigenvalue weighted by Gasteiger charge is 2.22. The number of sulfonamides is 1. The van der Waals surface area contributed by atoms with Crippen molar-refractivity contribution in [2.24, 2.45) is 0 Å². The molecule has 0 unspecified atom stereocenters. The Morgan fingerprint density at radius 2 is 2.10 bits per heavy atom. The van der Waals surface area contributed by atoms with Gasteiger partial charge in [0.25, 0.3) is 0 Å². The predicted octanol–water partition coefficient (Wildman–Crippen LogP) is 0.576. The van der Waals surface area contributed by atoms with E-state index in [0.29, 0.717) is 5.69 Å². The first kappa shape index (κ1) is 14.0. The van der Waals surface area contributed by atoms with Crippen molar-refractivity contribution < 1.29 is 8.42 Å².